The maximum absolute atomic E-state index is 12.3. The molecule has 1 unspecified atom stereocenters. The summed E-state index contributed by atoms with van der Waals surface area (Å²) in [7, 11) is 0. The standard InChI is InChI=1S/C16H20F2N2O4/c1-10(12-3-2-4-13(9-12)24-15(17)18)19-16(23)20-7-5-11(6-8-20)14(21)22/h2-4,9-11,15H,5-8H2,1H3,(H,19,23)(H,21,22). The molecule has 1 atom stereocenters. The first kappa shape index (κ1) is 18.0. The van der Waals surface area contributed by atoms with E-state index >= 15 is 0 Å². The van der Waals surface area contributed by atoms with Gasteiger partial charge in [-0.1, -0.05) is 12.1 Å². The Morgan fingerprint density at radius 1 is 1.33 bits per heavy atom. The predicted octanol–water partition coefficient (Wildman–Crippen LogP) is 2.86. The van der Waals surface area contributed by atoms with Gasteiger partial charge in [-0.05, 0) is 37.5 Å². The van der Waals surface area contributed by atoms with Gasteiger partial charge in [-0.25, -0.2) is 4.79 Å². The number of carboxylic acids is 1. The molecular weight excluding hydrogens is 322 g/mol. The SMILES string of the molecule is CC(NC(=O)N1CCC(C(=O)O)CC1)c1cccc(OC(F)F)c1. The van der Waals surface area contributed by atoms with E-state index in [1.807, 2.05) is 0 Å². The fourth-order valence-electron chi connectivity index (χ4n) is 2.65. The number of amides is 2. The highest BCUT2D eigenvalue weighted by atomic mass is 19.3. The van der Waals surface area contributed by atoms with E-state index in [4.69, 9.17) is 5.11 Å². The van der Waals surface area contributed by atoms with Crippen LogP contribution in [0.1, 0.15) is 31.4 Å². The van der Waals surface area contributed by atoms with Crippen LogP contribution in [0.2, 0.25) is 0 Å². The summed E-state index contributed by atoms with van der Waals surface area (Å²) < 4.78 is 28.9. The third kappa shape index (κ3) is 4.81. The van der Waals surface area contributed by atoms with Crippen molar-refractivity contribution in [3.63, 3.8) is 0 Å². The summed E-state index contributed by atoms with van der Waals surface area (Å²) in [5.41, 5.74) is 0.641. The fourth-order valence-corrected chi connectivity index (χ4v) is 2.65. The molecule has 2 N–H and O–H groups in total. The zero-order chi connectivity index (χ0) is 17.7. The van der Waals surface area contributed by atoms with Gasteiger partial charge in [-0.3, -0.25) is 4.79 Å². The molecule has 132 valence electrons. The van der Waals surface area contributed by atoms with Crippen molar-refractivity contribution in [3.05, 3.63) is 29.8 Å². The first-order valence-electron chi connectivity index (χ1n) is 7.70. The molecule has 1 aliphatic rings. The number of benzene rings is 1. The molecule has 0 radical (unpaired) electrons. The van der Waals surface area contributed by atoms with Gasteiger partial charge in [0.1, 0.15) is 5.75 Å². The largest absolute Gasteiger partial charge is 0.481 e. The number of likely N-dealkylation sites (tertiary alicyclic amines) is 1. The van der Waals surface area contributed by atoms with Gasteiger partial charge < -0.3 is 20.1 Å². The highest BCUT2D eigenvalue weighted by molar-refractivity contribution is 5.75. The number of nitrogens with one attached hydrogen (secondary N) is 1. The van der Waals surface area contributed by atoms with Crippen LogP contribution >= 0.6 is 0 Å². The van der Waals surface area contributed by atoms with Gasteiger partial charge in [0.15, 0.2) is 0 Å². The third-order valence-corrected chi connectivity index (χ3v) is 4.05. The summed E-state index contributed by atoms with van der Waals surface area (Å²) in [6.07, 6.45) is 0.851. The molecule has 24 heavy (non-hydrogen) atoms. The fraction of sp³-hybridized carbons (Fsp3) is 0.500. The zero-order valence-corrected chi connectivity index (χ0v) is 13.2. The Hall–Kier alpha value is -2.38. The second-order valence-corrected chi connectivity index (χ2v) is 5.72. The van der Waals surface area contributed by atoms with E-state index in [2.05, 4.69) is 10.1 Å². The summed E-state index contributed by atoms with van der Waals surface area (Å²) >= 11 is 0. The first-order valence-corrected chi connectivity index (χ1v) is 7.70. The summed E-state index contributed by atoms with van der Waals surface area (Å²) in [5.74, 6) is -1.21. The molecule has 8 heteroatoms. The number of carbonyl (C=O) groups excluding carboxylic acids is 1. The number of carboxylic acid groups (broad SMARTS) is 1. The van der Waals surface area contributed by atoms with Crippen molar-refractivity contribution in [1.29, 1.82) is 0 Å². The number of piperidine rings is 1. The smallest absolute Gasteiger partial charge is 0.387 e. The van der Waals surface area contributed by atoms with Crippen LogP contribution in [0.5, 0.6) is 5.75 Å². The number of aliphatic carboxylic acids is 1. The van der Waals surface area contributed by atoms with E-state index in [0.29, 0.717) is 31.5 Å². The average Bonchev–Trinajstić information content (AvgIpc) is 2.54. The Morgan fingerprint density at radius 2 is 2.00 bits per heavy atom. The van der Waals surface area contributed by atoms with Gasteiger partial charge in [0.25, 0.3) is 0 Å². The molecule has 2 rings (SSSR count). The molecule has 0 aromatic heterocycles. The lowest BCUT2D eigenvalue weighted by atomic mass is 9.97. The van der Waals surface area contributed by atoms with E-state index in [1.165, 1.54) is 12.1 Å². The number of alkyl halides is 2. The van der Waals surface area contributed by atoms with Gasteiger partial charge >= 0.3 is 18.6 Å². The van der Waals surface area contributed by atoms with Crippen LogP contribution in [0.15, 0.2) is 24.3 Å². The molecule has 1 heterocycles. The second-order valence-electron chi connectivity index (χ2n) is 5.72. The number of hydrogen-bond acceptors (Lipinski definition) is 3. The van der Waals surface area contributed by atoms with E-state index in [1.54, 1.807) is 24.0 Å². The minimum atomic E-state index is -2.90. The quantitative estimate of drug-likeness (QED) is 0.862. The van der Waals surface area contributed by atoms with Crippen LogP contribution in [0.25, 0.3) is 0 Å². The molecule has 0 spiro atoms. The van der Waals surface area contributed by atoms with Crippen LogP contribution in [0.4, 0.5) is 13.6 Å². The minimum absolute atomic E-state index is 0.0332. The van der Waals surface area contributed by atoms with E-state index < -0.39 is 24.5 Å². The highest BCUT2D eigenvalue weighted by Crippen LogP contribution is 2.22. The van der Waals surface area contributed by atoms with Crippen LogP contribution < -0.4 is 10.1 Å². The summed E-state index contributed by atoms with van der Waals surface area (Å²) in [4.78, 5) is 24.7. The van der Waals surface area contributed by atoms with Gasteiger partial charge in [0.2, 0.25) is 0 Å². The minimum Gasteiger partial charge on any atom is -0.481 e. The van der Waals surface area contributed by atoms with E-state index in [9.17, 15) is 18.4 Å². The number of halogens is 2. The summed E-state index contributed by atoms with van der Waals surface area (Å²) in [6, 6.07) is 5.46. The van der Waals surface area contributed by atoms with Crippen molar-refractivity contribution < 1.29 is 28.2 Å². The van der Waals surface area contributed by atoms with Gasteiger partial charge in [0, 0.05) is 13.1 Å². The van der Waals surface area contributed by atoms with Gasteiger partial charge in [-0.2, -0.15) is 8.78 Å². The van der Waals surface area contributed by atoms with Crippen LogP contribution in [-0.2, 0) is 4.79 Å². The monoisotopic (exact) mass is 342 g/mol. The Kier molecular flexibility index (Phi) is 5.94. The predicted molar refractivity (Wildman–Crippen MR) is 82.0 cm³/mol. The van der Waals surface area contributed by atoms with E-state index in [-0.39, 0.29) is 11.8 Å². The number of urea groups is 1. The number of nitrogens with zero attached hydrogens (tertiary/aromatic N) is 1. The summed E-state index contributed by atoms with van der Waals surface area (Å²) in [5, 5.41) is 11.7. The molecule has 0 saturated carbocycles. The third-order valence-electron chi connectivity index (χ3n) is 4.05. The molecule has 1 aromatic carbocycles. The van der Waals surface area contributed by atoms with Crippen molar-refractivity contribution in [2.45, 2.75) is 32.4 Å². The molecule has 6 nitrogen and oxygen atoms in total. The maximum Gasteiger partial charge on any atom is 0.387 e. The van der Waals surface area contributed by atoms with Crippen molar-refractivity contribution in [2.24, 2.45) is 5.92 Å². The lowest BCUT2D eigenvalue weighted by Crippen LogP contribution is -2.46. The molecule has 0 aliphatic carbocycles. The average molecular weight is 342 g/mol. The normalized spacial score (nSPS) is 16.8. The van der Waals surface area contributed by atoms with Crippen molar-refractivity contribution in [1.82, 2.24) is 10.2 Å². The molecule has 1 saturated heterocycles. The maximum atomic E-state index is 12.3. The number of hydrogen-bond donors (Lipinski definition) is 2. The molecule has 2 amide bonds. The molecular formula is C16H20F2N2O4. The van der Waals surface area contributed by atoms with Crippen molar-refractivity contribution >= 4 is 12.0 Å². The van der Waals surface area contributed by atoms with Crippen LogP contribution in [0, 0.1) is 5.92 Å². The van der Waals surface area contributed by atoms with Crippen molar-refractivity contribution in [3.8, 4) is 5.75 Å². The summed E-state index contributed by atoms with van der Waals surface area (Å²) in [6.45, 7) is -0.405. The Balaban J connectivity index is 1.91. The molecule has 1 fully saturated rings. The Morgan fingerprint density at radius 3 is 2.58 bits per heavy atom. The van der Waals surface area contributed by atoms with Crippen molar-refractivity contribution in [2.75, 3.05) is 13.1 Å². The molecule has 1 aromatic rings. The van der Waals surface area contributed by atoms with Gasteiger partial charge in [0.05, 0.1) is 12.0 Å². The molecule has 1 aliphatic heterocycles. The highest BCUT2D eigenvalue weighted by Gasteiger charge is 2.27. The van der Waals surface area contributed by atoms with Gasteiger partial charge in [-0.15, -0.1) is 0 Å². The van der Waals surface area contributed by atoms with E-state index in [0.717, 1.165) is 0 Å². The zero-order valence-electron chi connectivity index (χ0n) is 13.2. The van der Waals surface area contributed by atoms with Crippen LogP contribution in [-0.4, -0.2) is 41.7 Å². The number of ether oxygens (including phenoxy) is 1. The first-order chi connectivity index (χ1) is 11.4. The lowest BCUT2D eigenvalue weighted by molar-refractivity contribution is -0.143. The lowest BCUT2D eigenvalue weighted by Gasteiger charge is -2.31. The number of carbonyl (C=O) groups is 2. The Bertz CT molecular complexity index is 589. The topological polar surface area (TPSA) is 78.9 Å². The second kappa shape index (κ2) is 7.94. The van der Waals surface area contributed by atoms with Crippen LogP contribution in [0.3, 0.4) is 0 Å². The number of rotatable bonds is 5. The Labute approximate surface area is 138 Å². The molecule has 0 bridgehead atoms.